The third-order valence-corrected chi connectivity index (χ3v) is 5.63. The quantitative estimate of drug-likeness (QED) is 0.793. The Morgan fingerprint density at radius 3 is 2.29 bits per heavy atom. The summed E-state index contributed by atoms with van der Waals surface area (Å²) >= 11 is 0. The molecule has 116 valence electrons. The highest BCUT2D eigenvalue weighted by Gasteiger charge is 2.43. The van der Waals surface area contributed by atoms with Gasteiger partial charge in [-0.1, -0.05) is 6.07 Å². The average molecular weight is 293 g/mol. The number of rotatable bonds is 4. The van der Waals surface area contributed by atoms with E-state index in [0.717, 1.165) is 24.4 Å². The van der Waals surface area contributed by atoms with E-state index in [9.17, 15) is 8.78 Å². The van der Waals surface area contributed by atoms with Gasteiger partial charge in [0.15, 0.2) is 11.6 Å². The van der Waals surface area contributed by atoms with Crippen LogP contribution in [-0.4, -0.2) is 25.5 Å². The standard InChI is InChI=1S/C18H25F2N/c1-21(2)10-9-15-12-3-5-13(6-4-12)18(15)14-7-8-16(19)17(20)11-14/h7-8,11-13,15,18H,3-6,9-10H2,1-2H3/t12?,13?,15-,18-/m1/s1. The van der Waals surface area contributed by atoms with Crippen molar-refractivity contribution in [1.82, 2.24) is 4.90 Å². The first-order valence-electron chi connectivity index (χ1n) is 8.16. The predicted molar refractivity (Wildman–Crippen MR) is 81.2 cm³/mol. The zero-order valence-corrected chi connectivity index (χ0v) is 13.0. The van der Waals surface area contributed by atoms with Crippen molar-refractivity contribution in [2.75, 3.05) is 20.6 Å². The minimum absolute atomic E-state index is 0.424. The van der Waals surface area contributed by atoms with Gasteiger partial charge in [-0.05, 0) is 94.1 Å². The maximum atomic E-state index is 13.6. The van der Waals surface area contributed by atoms with Crippen molar-refractivity contribution in [2.24, 2.45) is 17.8 Å². The Morgan fingerprint density at radius 2 is 1.67 bits per heavy atom. The van der Waals surface area contributed by atoms with Crippen LogP contribution in [0.15, 0.2) is 18.2 Å². The van der Waals surface area contributed by atoms with Crippen LogP contribution in [0.2, 0.25) is 0 Å². The van der Waals surface area contributed by atoms with Gasteiger partial charge in [0.2, 0.25) is 0 Å². The topological polar surface area (TPSA) is 3.24 Å². The maximum absolute atomic E-state index is 13.6. The van der Waals surface area contributed by atoms with E-state index in [4.69, 9.17) is 0 Å². The van der Waals surface area contributed by atoms with Crippen LogP contribution in [0.4, 0.5) is 8.78 Å². The lowest BCUT2D eigenvalue weighted by Gasteiger charge is -2.49. The molecule has 0 saturated heterocycles. The van der Waals surface area contributed by atoms with E-state index in [1.807, 2.05) is 6.07 Å². The van der Waals surface area contributed by atoms with E-state index < -0.39 is 11.6 Å². The molecule has 0 aliphatic heterocycles. The molecule has 1 nitrogen and oxygen atoms in total. The van der Waals surface area contributed by atoms with Gasteiger partial charge in [0.25, 0.3) is 0 Å². The van der Waals surface area contributed by atoms with Crippen LogP contribution in [0.1, 0.15) is 43.6 Å². The Labute approximate surface area is 126 Å². The molecule has 1 aromatic carbocycles. The van der Waals surface area contributed by atoms with E-state index in [0.29, 0.717) is 17.8 Å². The summed E-state index contributed by atoms with van der Waals surface area (Å²) in [5.74, 6) is 1.06. The van der Waals surface area contributed by atoms with Crippen molar-refractivity contribution >= 4 is 0 Å². The van der Waals surface area contributed by atoms with E-state index >= 15 is 0 Å². The van der Waals surface area contributed by atoms with Crippen LogP contribution in [0.3, 0.4) is 0 Å². The normalized spacial score (nSPS) is 31.9. The van der Waals surface area contributed by atoms with Gasteiger partial charge in [0.05, 0.1) is 0 Å². The summed E-state index contributed by atoms with van der Waals surface area (Å²) in [5, 5.41) is 0. The third kappa shape index (κ3) is 2.98. The third-order valence-electron chi connectivity index (χ3n) is 5.63. The minimum Gasteiger partial charge on any atom is -0.309 e. The van der Waals surface area contributed by atoms with Crippen LogP contribution in [-0.2, 0) is 0 Å². The van der Waals surface area contributed by atoms with Gasteiger partial charge in [0, 0.05) is 0 Å². The molecule has 3 aliphatic carbocycles. The summed E-state index contributed by atoms with van der Waals surface area (Å²) in [7, 11) is 4.21. The molecule has 0 aromatic heterocycles. The molecule has 0 unspecified atom stereocenters. The number of hydrogen-bond donors (Lipinski definition) is 0. The van der Waals surface area contributed by atoms with Gasteiger partial charge in [-0.25, -0.2) is 8.78 Å². The van der Waals surface area contributed by atoms with Gasteiger partial charge in [-0.15, -0.1) is 0 Å². The van der Waals surface area contributed by atoms with Crippen molar-refractivity contribution in [3.05, 3.63) is 35.4 Å². The molecule has 0 radical (unpaired) electrons. The summed E-state index contributed by atoms with van der Waals surface area (Å²) in [6.07, 6.45) is 6.32. The summed E-state index contributed by atoms with van der Waals surface area (Å²) in [4.78, 5) is 2.23. The highest BCUT2D eigenvalue weighted by atomic mass is 19.2. The molecular formula is C18H25F2N. The molecule has 0 amide bonds. The minimum atomic E-state index is -0.732. The highest BCUT2D eigenvalue weighted by molar-refractivity contribution is 5.25. The summed E-state index contributed by atoms with van der Waals surface area (Å²) in [5.41, 5.74) is 1.02. The van der Waals surface area contributed by atoms with E-state index in [1.165, 1.54) is 37.8 Å². The van der Waals surface area contributed by atoms with Gasteiger partial charge in [-0.2, -0.15) is 0 Å². The second kappa shape index (κ2) is 6.04. The fourth-order valence-electron chi connectivity index (χ4n) is 4.64. The Kier molecular flexibility index (Phi) is 4.30. The summed E-state index contributed by atoms with van der Waals surface area (Å²) in [6, 6.07) is 4.56. The Morgan fingerprint density at radius 1 is 1.00 bits per heavy atom. The van der Waals surface area contributed by atoms with Gasteiger partial charge in [-0.3, -0.25) is 0 Å². The molecule has 21 heavy (non-hydrogen) atoms. The number of halogens is 2. The molecule has 3 fully saturated rings. The van der Waals surface area contributed by atoms with Gasteiger partial charge < -0.3 is 4.90 Å². The first-order chi connectivity index (χ1) is 10.1. The molecule has 0 heterocycles. The van der Waals surface area contributed by atoms with Crippen molar-refractivity contribution < 1.29 is 8.78 Å². The molecule has 3 heteroatoms. The Hall–Kier alpha value is -0.960. The number of nitrogens with zero attached hydrogens (tertiary/aromatic N) is 1. The maximum Gasteiger partial charge on any atom is 0.159 e. The molecule has 0 spiro atoms. The SMILES string of the molecule is CN(C)CC[C@@H]1C2CCC(CC2)[C@@H]1c1ccc(F)c(F)c1. The zero-order valence-electron chi connectivity index (χ0n) is 13.0. The lowest BCUT2D eigenvalue weighted by Crippen LogP contribution is -2.39. The predicted octanol–water partition coefficient (Wildman–Crippen LogP) is 4.44. The first kappa shape index (κ1) is 15.0. The summed E-state index contributed by atoms with van der Waals surface area (Å²) < 4.78 is 26.9. The highest BCUT2D eigenvalue weighted by Crippen LogP contribution is 2.54. The fraction of sp³-hybridized carbons (Fsp3) is 0.667. The number of fused-ring (bicyclic) bond motifs is 3. The molecule has 2 atom stereocenters. The van der Waals surface area contributed by atoms with Crippen molar-refractivity contribution in [3.8, 4) is 0 Å². The van der Waals surface area contributed by atoms with Crippen molar-refractivity contribution in [1.29, 1.82) is 0 Å². The fourth-order valence-corrected chi connectivity index (χ4v) is 4.64. The van der Waals surface area contributed by atoms with Crippen LogP contribution in [0, 0.1) is 29.4 Å². The van der Waals surface area contributed by atoms with E-state index in [2.05, 4.69) is 19.0 Å². The second-order valence-corrected chi connectivity index (χ2v) is 7.13. The van der Waals surface area contributed by atoms with Crippen LogP contribution >= 0.6 is 0 Å². The van der Waals surface area contributed by atoms with Crippen LogP contribution < -0.4 is 0 Å². The molecule has 3 saturated carbocycles. The number of benzene rings is 1. The van der Waals surface area contributed by atoms with E-state index in [-0.39, 0.29) is 0 Å². The van der Waals surface area contributed by atoms with Crippen molar-refractivity contribution in [3.63, 3.8) is 0 Å². The second-order valence-electron chi connectivity index (χ2n) is 7.13. The Balaban J connectivity index is 1.86. The molecule has 3 aliphatic rings. The monoisotopic (exact) mass is 293 g/mol. The smallest absolute Gasteiger partial charge is 0.159 e. The number of hydrogen-bond acceptors (Lipinski definition) is 1. The molecule has 0 N–H and O–H groups in total. The van der Waals surface area contributed by atoms with Crippen LogP contribution in [0.25, 0.3) is 0 Å². The first-order valence-corrected chi connectivity index (χ1v) is 8.16. The largest absolute Gasteiger partial charge is 0.309 e. The van der Waals surface area contributed by atoms with E-state index in [1.54, 1.807) is 0 Å². The zero-order chi connectivity index (χ0) is 15.0. The lowest BCUT2D eigenvalue weighted by atomic mass is 9.56. The Bertz CT molecular complexity index is 492. The van der Waals surface area contributed by atoms with Crippen molar-refractivity contribution in [2.45, 2.75) is 38.0 Å². The molecular weight excluding hydrogens is 268 g/mol. The lowest BCUT2D eigenvalue weighted by molar-refractivity contribution is 0.0575. The average Bonchev–Trinajstić information content (AvgIpc) is 2.48. The van der Waals surface area contributed by atoms with Gasteiger partial charge >= 0.3 is 0 Å². The van der Waals surface area contributed by atoms with Crippen LogP contribution in [0.5, 0.6) is 0 Å². The summed E-state index contributed by atoms with van der Waals surface area (Å²) in [6.45, 7) is 1.08. The molecule has 2 bridgehead atoms. The molecule has 1 aromatic rings. The molecule has 4 rings (SSSR count). The van der Waals surface area contributed by atoms with Gasteiger partial charge in [0.1, 0.15) is 0 Å².